The lowest BCUT2D eigenvalue weighted by atomic mass is 10.2. The van der Waals surface area contributed by atoms with Crippen molar-refractivity contribution in [3.63, 3.8) is 0 Å². The third-order valence-electron chi connectivity index (χ3n) is 4.24. The molecule has 1 amide bonds. The van der Waals surface area contributed by atoms with E-state index in [0.29, 0.717) is 24.9 Å². The number of amides is 1. The highest BCUT2D eigenvalue weighted by atomic mass is 16.5. The zero-order valence-electron chi connectivity index (χ0n) is 12.4. The van der Waals surface area contributed by atoms with E-state index in [-0.39, 0.29) is 5.92 Å². The molecule has 2 aromatic rings. The van der Waals surface area contributed by atoms with Crippen molar-refractivity contribution in [3.05, 3.63) is 47.7 Å². The molecule has 2 aliphatic rings. The summed E-state index contributed by atoms with van der Waals surface area (Å²) in [6, 6.07) is 12.0. The molecule has 0 spiro atoms. The predicted molar refractivity (Wildman–Crippen MR) is 81.1 cm³/mol. The van der Waals surface area contributed by atoms with Crippen LogP contribution in [0.5, 0.6) is 5.88 Å². The van der Waals surface area contributed by atoms with E-state index in [0.717, 1.165) is 37.2 Å². The Morgan fingerprint density at radius 3 is 2.82 bits per heavy atom. The number of benzene rings is 1. The molecule has 0 N–H and O–H groups in total. The first-order valence-electron chi connectivity index (χ1n) is 7.82. The minimum Gasteiger partial charge on any atom is -0.472 e. The molecule has 5 heteroatoms. The summed E-state index contributed by atoms with van der Waals surface area (Å²) < 4.78 is 7.72. The molecule has 1 aromatic carbocycles. The molecular weight excluding hydrogens is 278 g/mol. The smallest absolute Gasteiger partial charge is 0.233 e. The molecule has 2 heterocycles. The lowest BCUT2D eigenvalue weighted by Gasteiger charge is -2.27. The quantitative estimate of drug-likeness (QED) is 0.869. The van der Waals surface area contributed by atoms with E-state index in [1.54, 1.807) is 0 Å². The Labute approximate surface area is 129 Å². The van der Waals surface area contributed by atoms with Crippen LogP contribution >= 0.6 is 0 Å². The maximum atomic E-state index is 12.2. The number of aromatic nitrogens is 2. The minimum absolute atomic E-state index is 0.281. The monoisotopic (exact) mass is 297 g/mol. The lowest BCUT2D eigenvalue weighted by Crippen LogP contribution is -2.39. The molecule has 5 nitrogen and oxygen atoms in total. The van der Waals surface area contributed by atoms with Crippen LogP contribution in [0.3, 0.4) is 0 Å². The van der Waals surface area contributed by atoms with Gasteiger partial charge in [-0.15, -0.1) is 5.10 Å². The van der Waals surface area contributed by atoms with Gasteiger partial charge in [-0.2, -0.15) is 0 Å². The van der Waals surface area contributed by atoms with Crippen LogP contribution < -0.4 is 4.74 Å². The lowest BCUT2D eigenvalue weighted by molar-refractivity contribution is -0.134. The van der Waals surface area contributed by atoms with E-state index in [2.05, 4.69) is 5.10 Å². The average molecular weight is 297 g/mol. The molecule has 22 heavy (non-hydrogen) atoms. The van der Waals surface area contributed by atoms with Crippen LogP contribution in [0.4, 0.5) is 0 Å². The van der Waals surface area contributed by atoms with Crippen LogP contribution in [0.15, 0.2) is 36.4 Å². The van der Waals surface area contributed by atoms with Crippen LogP contribution in [-0.2, 0) is 24.5 Å². The van der Waals surface area contributed by atoms with E-state index >= 15 is 0 Å². The molecule has 1 aromatic heterocycles. The van der Waals surface area contributed by atoms with Crippen molar-refractivity contribution in [2.45, 2.75) is 32.5 Å². The third kappa shape index (κ3) is 2.71. The fraction of sp³-hybridized carbons (Fsp3) is 0.412. The normalized spacial score (nSPS) is 17.2. The number of carbonyl (C=O) groups excluding carboxylic acids is 1. The molecule has 0 saturated heterocycles. The summed E-state index contributed by atoms with van der Waals surface area (Å²) in [5.74, 6) is 1.22. The van der Waals surface area contributed by atoms with Gasteiger partial charge >= 0.3 is 0 Å². The summed E-state index contributed by atoms with van der Waals surface area (Å²) in [6.07, 6.45) is 2.11. The SMILES string of the molecule is O=C(C1CC1)N1CCn2nc(OCc3ccccc3)cc2C1. The van der Waals surface area contributed by atoms with Gasteiger partial charge < -0.3 is 9.64 Å². The van der Waals surface area contributed by atoms with Gasteiger partial charge in [-0.3, -0.25) is 9.48 Å². The number of rotatable bonds is 4. The second kappa shape index (κ2) is 5.48. The highest BCUT2D eigenvalue weighted by molar-refractivity contribution is 5.81. The second-order valence-electron chi connectivity index (χ2n) is 6.01. The Kier molecular flexibility index (Phi) is 3.33. The van der Waals surface area contributed by atoms with Crippen LogP contribution in [0, 0.1) is 5.92 Å². The zero-order valence-corrected chi connectivity index (χ0v) is 12.4. The third-order valence-corrected chi connectivity index (χ3v) is 4.24. The summed E-state index contributed by atoms with van der Waals surface area (Å²) in [7, 11) is 0. The Hall–Kier alpha value is -2.30. The number of hydrogen-bond acceptors (Lipinski definition) is 3. The van der Waals surface area contributed by atoms with E-state index in [1.165, 1.54) is 0 Å². The van der Waals surface area contributed by atoms with Gasteiger partial charge in [0.25, 0.3) is 0 Å². The molecule has 0 atom stereocenters. The first-order valence-corrected chi connectivity index (χ1v) is 7.82. The Morgan fingerprint density at radius 1 is 1.23 bits per heavy atom. The van der Waals surface area contributed by atoms with Crippen molar-refractivity contribution in [1.82, 2.24) is 14.7 Å². The summed E-state index contributed by atoms with van der Waals surface area (Å²) in [5.41, 5.74) is 2.18. The van der Waals surface area contributed by atoms with Crippen molar-refractivity contribution >= 4 is 5.91 Å². The van der Waals surface area contributed by atoms with E-state index in [1.807, 2.05) is 46.0 Å². The van der Waals surface area contributed by atoms with Crippen molar-refractivity contribution < 1.29 is 9.53 Å². The molecule has 1 aliphatic heterocycles. The van der Waals surface area contributed by atoms with Gasteiger partial charge in [0.05, 0.1) is 18.8 Å². The van der Waals surface area contributed by atoms with Crippen LogP contribution in [0.25, 0.3) is 0 Å². The van der Waals surface area contributed by atoms with E-state index in [4.69, 9.17) is 4.74 Å². The highest BCUT2D eigenvalue weighted by Gasteiger charge is 2.35. The largest absolute Gasteiger partial charge is 0.472 e. The van der Waals surface area contributed by atoms with Crippen molar-refractivity contribution in [2.24, 2.45) is 5.92 Å². The van der Waals surface area contributed by atoms with Gasteiger partial charge in [-0.25, -0.2) is 0 Å². The van der Waals surface area contributed by atoms with Gasteiger partial charge in [-0.05, 0) is 18.4 Å². The molecule has 0 unspecified atom stereocenters. The predicted octanol–water partition coefficient (Wildman–Crippen LogP) is 2.21. The Balaban J connectivity index is 1.41. The molecule has 1 aliphatic carbocycles. The first kappa shape index (κ1) is 13.4. The maximum Gasteiger partial charge on any atom is 0.233 e. The van der Waals surface area contributed by atoms with Crippen LogP contribution in [0.1, 0.15) is 24.1 Å². The Morgan fingerprint density at radius 2 is 2.05 bits per heavy atom. The minimum atomic E-state index is 0.281. The van der Waals surface area contributed by atoms with Crippen LogP contribution in [-0.4, -0.2) is 27.1 Å². The molecule has 0 radical (unpaired) electrons. The topological polar surface area (TPSA) is 47.4 Å². The van der Waals surface area contributed by atoms with Crippen molar-refractivity contribution in [1.29, 1.82) is 0 Å². The van der Waals surface area contributed by atoms with Crippen molar-refractivity contribution in [2.75, 3.05) is 6.54 Å². The van der Waals surface area contributed by atoms with Crippen molar-refractivity contribution in [3.8, 4) is 5.88 Å². The van der Waals surface area contributed by atoms with Crippen LogP contribution in [0.2, 0.25) is 0 Å². The molecule has 1 fully saturated rings. The van der Waals surface area contributed by atoms with Gasteiger partial charge in [0, 0.05) is 18.5 Å². The number of fused-ring (bicyclic) bond motifs is 1. The maximum absolute atomic E-state index is 12.2. The average Bonchev–Trinajstić information content (AvgIpc) is 3.32. The standard InChI is InChI=1S/C17H19N3O2/c21-17(14-6-7-14)19-8-9-20-15(11-19)10-16(18-20)22-12-13-4-2-1-3-5-13/h1-5,10,14H,6-9,11-12H2. The summed E-state index contributed by atoms with van der Waals surface area (Å²) in [5, 5.41) is 4.48. The van der Waals surface area contributed by atoms with E-state index in [9.17, 15) is 4.79 Å². The zero-order chi connectivity index (χ0) is 14.9. The summed E-state index contributed by atoms with van der Waals surface area (Å²) in [6.45, 7) is 2.67. The summed E-state index contributed by atoms with van der Waals surface area (Å²) >= 11 is 0. The molecule has 0 bridgehead atoms. The number of ether oxygens (including phenoxy) is 1. The Bertz CT molecular complexity index is 676. The molecule has 114 valence electrons. The fourth-order valence-corrected chi connectivity index (χ4v) is 2.82. The van der Waals surface area contributed by atoms with Gasteiger partial charge in [0.2, 0.25) is 11.8 Å². The van der Waals surface area contributed by atoms with Gasteiger partial charge in [0.15, 0.2) is 0 Å². The first-order chi connectivity index (χ1) is 10.8. The number of nitrogens with zero attached hydrogens (tertiary/aromatic N) is 3. The fourth-order valence-electron chi connectivity index (χ4n) is 2.82. The molecular formula is C17H19N3O2. The number of hydrogen-bond donors (Lipinski definition) is 0. The van der Waals surface area contributed by atoms with Gasteiger partial charge in [0.1, 0.15) is 6.61 Å². The number of carbonyl (C=O) groups is 1. The summed E-state index contributed by atoms with van der Waals surface area (Å²) in [4.78, 5) is 14.1. The van der Waals surface area contributed by atoms with Gasteiger partial charge in [-0.1, -0.05) is 30.3 Å². The second-order valence-corrected chi connectivity index (χ2v) is 6.01. The van der Waals surface area contributed by atoms with E-state index < -0.39 is 0 Å². The molecule has 4 rings (SSSR count). The highest BCUT2D eigenvalue weighted by Crippen LogP contribution is 2.32. The molecule has 1 saturated carbocycles.